The first-order chi connectivity index (χ1) is 22.6. The van der Waals surface area contributed by atoms with E-state index in [2.05, 4.69) is 62.5 Å². The van der Waals surface area contributed by atoms with Gasteiger partial charge in [0.05, 0.1) is 26.9 Å². The lowest BCUT2D eigenvalue weighted by atomic mass is 9.82. The second-order valence-corrected chi connectivity index (χ2v) is 13.3. The van der Waals surface area contributed by atoms with Crippen LogP contribution < -0.4 is 19.5 Å². The van der Waals surface area contributed by atoms with Gasteiger partial charge in [-0.2, -0.15) is 0 Å². The number of hydrogen-bond acceptors (Lipinski definition) is 6. The number of amides is 2. The van der Waals surface area contributed by atoms with E-state index >= 15 is 0 Å². The third-order valence-electron chi connectivity index (χ3n) is 9.81. The molecule has 3 aromatic rings. The highest BCUT2D eigenvalue weighted by atomic mass is 16.5. The molecule has 3 aromatic carbocycles. The van der Waals surface area contributed by atoms with Gasteiger partial charge in [-0.25, -0.2) is 0 Å². The summed E-state index contributed by atoms with van der Waals surface area (Å²) in [5.41, 5.74) is 8.69. The highest BCUT2D eigenvalue weighted by Gasteiger charge is 2.43. The normalized spacial score (nSPS) is 19.0. The third-order valence-corrected chi connectivity index (χ3v) is 9.81. The van der Waals surface area contributed by atoms with Gasteiger partial charge in [-0.1, -0.05) is 30.3 Å². The molecule has 3 aliphatic rings. The van der Waals surface area contributed by atoms with Crippen LogP contribution in [-0.2, 0) is 22.6 Å². The van der Waals surface area contributed by atoms with Gasteiger partial charge in [-0.15, -0.1) is 0 Å². The first-order valence-electron chi connectivity index (χ1n) is 16.7. The fraction of sp³-hybridized carbons (Fsp3) is 0.436. The molecule has 6 rings (SSSR count). The van der Waals surface area contributed by atoms with Crippen LogP contribution in [0.2, 0.25) is 0 Å². The second-order valence-electron chi connectivity index (χ2n) is 13.3. The number of piperazine rings is 1. The van der Waals surface area contributed by atoms with E-state index in [-0.39, 0.29) is 29.9 Å². The minimum absolute atomic E-state index is 0.0342. The Kier molecular flexibility index (Phi) is 9.60. The standard InChI is InChI=1S/C39H47N3O5/c1-24-15-25(2)26(3)37(16-24)47-14-13-28-7-9-30(10-8-28)35-19-31-22-41(27(4)43)23-36(40-31)38(35)39(44)42(32-11-12-32)21-29-17-33(45-5)20-34(18-29)46-6/h7-10,15-18,20,31-32,36,40H,11-14,19,21-23H2,1-6H3/t31-,36-/m1/s1. The smallest absolute Gasteiger partial charge is 0.252 e. The predicted octanol–water partition coefficient (Wildman–Crippen LogP) is 5.79. The van der Waals surface area contributed by atoms with E-state index in [0.29, 0.717) is 44.2 Å². The number of carbonyl (C=O) groups is 2. The Morgan fingerprint density at radius 1 is 0.915 bits per heavy atom. The molecule has 1 N–H and O–H groups in total. The van der Waals surface area contributed by atoms with E-state index in [9.17, 15) is 9.59 Å². The minimum atomic E-state index is -0.232. The quantitative estimate of drug-likeness (QED) is 0.287. The highest BCUT2D eigenvalue weighted by molar-refractivity contribution is 6.03. The number of fused-ring (bicyclic) bond motifs is 2. The van der Waals surface area contributed by atoms with E-state index in [1.54, 1.807) is 21.1 Å². The number of rotatable bonds is 11. The topological polar surface area (TPSA) is 80.3 Å². The van der Waals surface area contributed by atoms with Crippen molar-refractivity contribution >= 4 is 17.4 Å². The van der Waals surface area contributed by atoms with Crippen molar-refractivity contribution < 1.29 is 23.8 Å². The summed E-state index contributed by atoms with van der Waals surface area (Å²) in [6.07, 6.45) is 3.43. The number of nitrogens with zero attached hydrogens (tertiary/aromatic N) is 2. The number of hydrogen-bond donors (Lipinski definition) is 1. The molecular weight excluding hydrogens is 590 g/mol. The molecule has 2 fully saturated rings. The minimum Gasteiger partial charge on any atom is -0.497 e. The van der Waals surface area contributed by atoms with Gasteiger partial charge in [0, 0.05) is 56.7 Å². The van der Waals surface area contributed by atoms with Gasteiger partial charge in [0.1, 0.15) is 17.2 Å². The molecule has 2 atom stereocenters. The van der Waals surface area contributed by atoms with Crippen LogP contribution in [0.3, 0.4) is 0 Å². The van der Waals surface area contributed by atoms with Gasteiger partial charge >= 0.3 is 0 Å². The van der Waals surface area contributed by atoms with Gasteiger partial charge in [-0.3, -0.25) is 9.59 Å². The lowest BCUT2D eigenvalue weighted by molar-refractivity contribution is -0.132. The maximum atomic E-state index is 14.7. The third kappa shape index (κ3) is 7.33. The maximum Gasteiger partial charge on any atom is 0.252 e. The van der Waals surface area contributed by atoms with Crippen LogP contribution in [-0.4, -0.2) is 73.7 Å². The van der Waals surface area contributed by atoms with Crippen LogP contribution in [0.5, 0.6) is 17.2 Å². The van der Waals surface area contributed by atoms with Crippen molar-refractivity contribution in [2.45, 2.75) is 78.0 Å². The summed E-state index contributed by atoms with van der Waals surface area (Å²) < 4.78 is 17.2. The Bertz CT molecular complexity index is 1650. The summed E-state index contributed by atoms with van der Waals surface area (Å²) in [6.45, 7) is 10.1. The number of methoxy groups -OCH3 is 2. The van der Waals surface area contributed by atoms with Crippen LogP contribution in [0.1, 0.15) is 59.6 Å². The van der Waals surface area contributed by atoms with Crippen molar-refractivity contribution in [3.8, 4) is 17.2 Å². The zero-order valence-electron chi connectivity index (χ0n) is 28.5. The summed E-state index contributed by atoms with van der Waals surface area (Å²) in [5.74, 6) is 2.42. The molecule has 0 radical (unpaired) electrons. The molecule has 0 spiro atoms. The molecule has 1 saturated carbocycles. The maximum absolute atomic E-state index is 14.7. The largest absolute Gasteiger partial charge is 0.497 e. The molecule has 47 heavy (non-hydrogen) atoms. The summed E-state index contributed by atoms with van der Waals surface area (Å²) in [4.78, 5) is 31.1. The van der Waals surface area contributed by atoms with Crippen LogP contribution in [0, 0.1) is 20.8 Å². The van der Waals surface area contributed by atoms with E-state index in [1.807, 2.05) is 28.0 Å². The Morgan fingerprint density at radius 3 is 2.26 bits per heavy atom. The van der Waals surface area contributed by atoms with Crippen molar-refractivity contribution in [2.75, 3.05) is 33.9 Å². The summed E-state index contributed by atoms with van der Waals surface area (Å²) in [7, 11) is 3.27. The van der Waals surface area contributed by atoms with Crippen LogP contribution in [0.25, 0.3) is 5.57 Å². The Labute approximate surface area is 278 Å². The Morgan fingerprint density at radius 2 is 1.62 bits per heavy atom. The number of carbonyl (C=O) groups excluding carboxylic acids is 2. The van der Waals surface area contributed by atoms with Crippen molar-refractivity contribution in [3.05, 3.63) is 93.6 Å². The van der Waals surface area contributed by atoms with Crippen molar-refractivity contribution in [3.63, 3.8) is 0 Å². The molecule has 1 saturated heterocycles. The van der Waals surface area contributed by atoms with Gasteiger partial charge in [0.15, 0.2) is 0 Å². The first kappa shape index (κ1) is 32.6. The monoisotopic (exact) mass is 637 g/mol. The second kappa shape index (κ2) is 13.8. The molecule has 8 heteroatoms. The molecule has 0 aromatic heterocycles. The van der Waals surface area contributed by atoms with Crippen LogP contribution in [0.4, 0.5) is 0 Å². The number of benzene rings is 3. The van der Waals surface area contributed by atoms with Crippen LogP contribution >= 0.6 is 0 Å². The molecule has 2 amide bonds. The predicted molar refractivity (Wildman–Crippen MR) is 184 cm³/mol. The molecule has 248 valence electrons. The lowest BCUT2D eigenvalue weighted by Crippen LogP contribution is -2.61. The lowest BCUT2D eigenvalue weighted by Gasteiger charge is -2.44. The molecule has 2 heterocycles. The van der Waals surface area contributed by atoms with E-state index < -0.39 is 0 Å². The number of nitrogens with one attached hydrogen (secondary N) is 1. The van der Waals surface area contributed by atoms with Gasteiger partial charge in [-0.05, 0) is 97.2 Å². The fourth-order valence-corrected chi connectivity index (χ4v) is 6.99. The Hall–Kier alpha value is -4.30. The van der Waals surface area contributed by atoms with Crippen LogP contribution in [0.15, 0.2) is 60.2 Å². The van der Waals surface area contributed by atoms with E-state index in [1.165, 1.54) is 22.3 Å². The van der Waals surface area contributed by atoms with Crippen molar-refractivity contribution in [1.82, 2.24) is 15.1 Å². The first-order valence-corrected chi connectivity index (χ1v) is 16.7. The average Bonchev–Trinajstić information content (AvgIpc) is 3.91. The van der Waals surface area contributed by atoms with Gasteiger partial charge in [0.25, 0.3) is 5.91 Å². The van der Waals surface area contributed by atoms with E-state index in [4.69, 9.17) is 14.2 Å². The zero-order chi connectivity index (χ0) is 33.2. The SMILES string of the molecule is COc1cc(CN(C(=O)C2=C(c3ccc(CCOc4cc(C)cc(C)c4C)cc3)C[C@@H]3CN(C(C)=O)C[C@H]2N3)C2CC2)cc(OC)c1. The van der Waals surface area contributed by atoms with Gasteiger partial charge < -0.3 is 29.3 Å². The summed E-state index contributed by atoms with van der Waals surface area (Å²) >= 11 is 0. The number of ether oxygens (including phenoxy) is 3. The fourth-order valence-electron chi connectivity index (χ4n) is 6.99. The Balaban J connectivity index is 1.28. The molecule has 8 nitrogen and oxygen atoms in total. The average molecular weight is 638 g/mol. The number of aryl methyl sites for hydroxylation is 2. The summed E-state index contributed by atoms with van der Waals surface area (Å²) in [5, 5.41) is 3.69. The molecule has 1 aliphatic carbocycles. The molecule has 0 unspecified atom stereocenters. The molecular formula is C39H47N3O5. The zero-order valence-corrected chi connectivity index (χ0v) is 28.5. The highest BCUT2D eigenvalue weighted by Crippen LogP contribution is 2.38. The molecule has 2 bridgehead atoms. The summed E-state index contributed by atoms with van der Waals surface area (Å²) in [6, 6.07) is 18.7. The van der Waals surface area contributed by atoms with Gasteiger partial charge in [0.2, 0.25) is 5.91 Å². The van der Waals surface area contributed by atoms with E-state index in [0.717, 1.165) is 47.3 Å². The van der Waals surface area contributed by atoms with Crippen molar-refractivity contribution in [2.24, 2.45) is 0 Å². The molecule has 2 aliphatic heterocycles. The van der Waals surface area contributed by atoms with Crippen molar-refractivity contribution in [1.29, 1.82) is 0 Å².